The van der Waals surface area contributed by atoms with Gasteiger partial charge in [0.1, 0.15) is 0 Å². The first-order chi connectivity index (χ1) is 15.6. The van der Waals surface area contributed by atoms with Crippen LogP contribution < -0.4 is 5.32 Å². The summed E-state index contributed by atoms with van der Waals surface area (Å²) in [7, 11) is 1.42. The van der Waals surface area contributed by atoms with Gasteiger partial charge in [0.15, 0.2) is 0 Å². The fourth-order valence-electron chi connectivity index (χ4n) is 5.01. The molecule has 2 aliphatic rings. The van der Waals surface area contributed by atoms with Gasteiger partial charge in [-0.1, -0.05) is 54.6 Å². The lowest BCUT2D eigenvalue weighted by atomic mass is 9.76. The lowest BCUT2D eigenvalue weighted by Gasteiger charge is -2.38. The molecule has 0 bridgehead atoms. The Bertz CT molecular complexity index is 1150. The number of fused-ring (bicyclic) bond motifs is 3. The largest absolute Gasteiger partial charge is 0.465 e. The van der Waals surface area contributed by atoms with Gasteiger partial charge in [0.2, 0.25) is 0 Å². The summed E-state index contributed by atoms with van der Waals surface area (Å²) in [6.45, 7) is 2.21. The van der Waals surface area contributed by atoms with E-state index < -0.39 is 0 Å². The van der Waals surface area contributed by atoms with E-state index in [-0.39, 0.29) is 12.0 Å². The summed E-state index contributed by atoms with van der Waals surface area (Å²) in [5, 5.41) is 3.85. The highest BCUT2D eigenvalue weighted by atomic mass is 32.2. The van der Waals surface area contributed by atoms with Crippen molar-refractivity contribution in [3.8, 4) is 0 Å². The number of hydrogen-bond donors (Lipinski definition) is 1. The van der Waals surface area contributed by atoms with E-state index in [0.717, 1.165) is 12.2 Å². The van der Waals surface area contributed by atoms with Crippen molar-refractivity contribution in [1.29, 1.82) is 0 Å². The van der Waals surface area contributed by atoms with E-state index in [1.807, 2.05) is 23.9 Å². The molecule has 5 rings (SSSR count). The number of aryl methyl sites for hydroxylation is 1. The van der Waals surface area contributed by atoms with Crippen LogP contribution in [0.4, 0.5) is 5.69 Å². The van der Waals surface area contributed by atoms with Gasteiger partial charge in [0.05, 0.1) is 18.7 Å². The second kappa shape index (κ2) is 8.87. The first-order valence-electron chi connectivity index (χ1n) is 11.1. The lowest BCUT2D eigenvalue weighted by molar-refractivity contribution is 0.0600. The molecule has 0 aromatic heterocycles. The summed E-state index contributed by atoms with van der Waals surface area (Å²) in [6.07, 6.45) is 5.76. The van der Waals surface area contributed by atoms with Gasteiger partial charge in [-0.25, -0.2) is 4.79 Å². The second-order valence-corrected chi connectivity index (χ2v) is 9.62. The third-order valence-electron chi connectivity index (χ3n) is 6.57. The fourth-order valence-corrected chi connectivity index (χ4v) is 5.85. The molecule has 3 atom stereocenters. The van der Waals surface area contributed by atoms with Gasteiger partial charge in [-0.2, -0.15) is 0 Å². The monoisotopic (exact) mass is 441 g/mol. The number of rotatable bonds is 5. The predicted octanol–water partition coefficient (Wildman–Crippen LogP) is 6.90. The van der Waals surface area contributed by atoms with E-state index in [1.54, 1.807) is 0 Å². The average molecular weight is 442 g/mol. The zero-order valence-electron chi connectivity index (χ0n) is 18.4. The van der Waals surface area contributed by atoms with Gasteiger partial charge < -0.3 is 10.1 Å². The van der Waals surface area contributed by atoms with Crippen molar-refractivity contribution in [2.24, 2.45) is 5.92 Å². The Kier molecular flexibility index (Phi) is 5.79. The van der Waals surface area contributed by atoms with E-state index in [4.69, 9.17) is 4.74 Å². The topological polar surface area (TPSA) is 38.3 Å². The molecule has 0 saturated carbocycles. The maximum atomic E-state index is 11.8. The van der Waals surface area contributed by atoms with Crippen molar-refractivity contribution < 1.29 is 9.53 Å². The standard InChI is InChI=1S/C28H27NO2S/c1-18-15-19(17-32-22-7-4-3-5-8-22)16-25-23-9-6-10-24(23)27(29-26(18)25)20-11-13-21(14-12-20)28(30)31-2/h3-9,11-16,23-24,27,29H,10,17H2,1-2H3/t23-,24+,27+/m1/s1. The van der Waals surface area contributed by atoms with Crippen LogP contribution in [0.15, 0.2) is 83.8 Å². The molecule has 3 aromatic carbocycles. The van der Waals surface area contributed by atoms with E-state index in [9.17, 15) is 4.79 Å². The van der Waals surface area contributed by atoms with Crippen LogP contribution in [-0.2, 0) is 10.5 Å². The highest BCUT2D eigenvalue weighted by Gasteiger charge is 2.38. The summed E-state index contributed by atoms with van der Waals surface area (Å²) in [4.78, 5) is 13.1. The SMILES string of the molecule is COC(=O)c1ccc([C@@H]2Nc3c(C)cc(CSc4ccccc4)cc3[C@@H]3C=CC[C@@H]32)cc1. The summed E-state index contributed by atoms with van der Waals surface area (Å²) < 4.78 is 4.85. The molecule has 1 aliphatic carbocycles. The van der Waals surface area contributed by atoms with Gasteiger partial charge >= 0.3 is 5.97 Å². The molecular formula is C28H27NO2S. The first kappa shape index (κ1) is 20.9. The number of methoxy groups -OCH3 is 1. The minimum absolute atomic E-state index is 0.220. The van der Waals surface area contributed by atoms with Crippen molar-refractivity contribution in [3.63, 3.8) is 0 Å². The first-order valence-corrected chi connectivity index (χ1v) is 12.1. The van der Waals surface area contributed by atoms with Crippen LogP contribution >= 0.6 is 11.8 Å². The Morgan fingerprint density at radius 2 is 1.88 bits per heavy atom. The number of ether oxygens (including phenoxy) is 1. The third kappa shape index (κ3) is 3.95. The highest BCUT2D eigenvalue weighted by molar-refractivity contribution is 7.98. The molecule has 0 amide bonds. The quantitative estimate of drug-likeness (QED) is 0.265. The van der Waals surface area contributed by atoms with Crippen LogP contribution in [0.5, 0.6) is 0 Å². The third-order valence-corrected chi connectivity index (χ3v) is 7.65. The zero-order chi connectivity index (χ0) is 22.1. The Balaban J connectivity index is 1.43. The minimum Gasteiger partial charge on any atom is -0.465 e. The highest BCUT2D eigenvalue weighted by Crippen LogP contribution is 2.51. The van der Waals surface area contributed by atoms with Crippen LogP contribution in [0.1, 0.15) is 51.0 Å². The summed E-state index contributed by atoms with van der Waals surface area (Å²) in [5.41, 5.74) is 7.14. The molecule has 1 aliphatic heterocycles. The molecule has 3 nitrogen and oxygen atoms in total. The van der Waals surface area contributed by atoms with Crippen molar-refractivity contribution in [1.82, 2.24) is 0 Å². The Labute approximate surface area is 193 Å². The number of allylic oxidation sites excluding steroid dienone is 2. The van der Waals surface area contributed by atoms with Crippen molar-refractivity contribution in [3.05, 3.63) is 107 Å². The molecular weight excluding hydrogens is 414 g/mol. The van der Waals surface area contributed by atoms with Crippen LogP contribution in [-0.4, -0.2) is 13.1 Å². The van der Waals surface area contributed by atoms with Gasteiger partial charge in [-0.3, -0.25) is 0 Å². The number of anilines is 1. The molecule has 4 heteroatoms. The minimum atomic E-state index is -0.296. The van der Waals surface area contributed by atoms with Crippen LogP contribution in [0.3, 0.4) is 0 Å². The lowest BCUT2D eigenvalue weighted by Crippen LogP contribution is -2.29. The second-order valence-electron chi connectivity index (χ2n) is 8.57. The summed E-state index contributed by atoms with van der Waals surface area (Å²) in [6, 6.07) is 23.4. The average Bonchev–Trinajstić information content (AvgIpc) is 3.33. The Morgan fingerprint density at radius 1 is 1.09 bits per heavy atom. The number of benzene rings is 3. The number of esters is 1. The molecule has 0 fully saturated rings. The zero-order valence-corrected chi connectivity index (χ0v) is 19.2. The molecule has 1 heterocycles. The summed E-state index contributed by atoms with van der Waals surface area (Å²) in [5.74, 6) is 1.56. The summed E-state index contributed by atoms with van der Waals surface area (Å²) >= 11 is 1.88. The predicted molar refractivity (Wildman–Crippen MR) is 131 cm³/mol. The van der Waals surface area contributed by atoms with E-state index in [2.05, 4.69) is 79.0 Å². The van der Waals surface area contributed by atoms with E-state index in [1.165, 1.54) is 39.9 Å². The van der Waals surface area contributed by atoms with Crippen LogP contribution in [0.25, 0.3) is 0 Å². The molecule has 1 N–H and O–H groups in total. The smallest absolute Gasteiger partial charge is 0.337 e. The molecule has 32 heavy (non-hydrogen) atoms. The van der Waals surface area contributed by atoms with Gasteiger partial charge in [-0.15, -0.1) is 11.8 Å². The molecule has 0 spiro atoms. The Hall–Kier alpha value is -2.98. The van der Waals surface area contributed by atoms with Crippen molar-refractivity contribution >= 4 is 23.4 Å². The van der Waals surface area contributed by atoms with E-state index in [0.29, 0.717) is 17.4 Å². The number of carbonyl (C=O) groups is 1. The van der Waals surface area contributed by atoms with Crippen LogP contribution in [0, 0.1) is 12.8 Å². The Morgan fingerprint density at radius 3 is 2.62 bits per heavy atom. The maximum Gasteiger partial charge on any atom is 0.337 e. The molecule has 3 aromatic rings. The fraction of sp³-hybridized carbons (Fsp3) is 0.250. The number of thioether (sulfide) groups is 1. The number of nitrogens with one attached hydrogen (secondary N) is 1. The van der Waals surface area contributed by atoms with Crippen molar-refractivity contribution in [2.75, 3.05) is 12.4 Å². The van der Waals surface area contributed by atoms with Gasteiger partial charge in [0.25, 0.3) is 0 Å². The molecule has 162 valence electrons. The van der Waals surface area contributed by atoms with Gasteiger partial charge in [0, 0.05) is 22.3 Å². The molecule has 0 unspecified atom stereocenters. The van der Waals surface area contributed by atoms with E-state index >= 15 is 0 Å². The molecule has 0 radical (unpaired) electrons. The number of carbonyl (C=O) groups excluding carboxylic acids is 1. The maximum absolute atomic E-state index is 11.8. The van der Waals surface area contributed by atoms with Crippen molar-refractivity contribution in [2.45, 2.75) is 36.0 Å². The molecule has 0 saturated heterocycles. The number of hydrogen-bond acceptors (Lipinski definition) is 4. The van der Waals surface area contributed by atoms with Gasteiger partial charge in [-0.05, 0) is 65.8 Å². The van der Waals surface area contributed by atoms with Crippen LogP contribution in [0.2, 0.25) is 0 Å². The normalized spacial score (nSPS) is 20.9.